The fourth-order valence-corrected chi connectivity index (χ4v) is 0.577. The van der Waals surface area contributed by atoms with Gasteiger partial charge in [0.25, 0.3) is 0 Å². The first-order valence-electron chi connectivity index (χ1n) is 3.34. The Bertz CT molecular complexity index is 147. The highest BCUT2D eigenvalue weighted by atomic mass is 16.5. The molecule has 0 aliphatic carbocycles. The molecule has 3 atom stereocenters. The molecule has 0 spiro atoms. The summed E-state index contributed by atoms with van der Waals surface area (Å²) >= 11 is 0. The zero-order chi connectivity index (χ0) is 9.72. The summed E-state index contributed by atoms with van der Waals surface area (Å²) in [6.45, 7) is -1.61. The molecule has 6 nitrogen and oxygen atoms in total. The van der Waals surface area contributed by atoms with Crippen LogP contribution in [0.4, 0.5) is 0 Å². The van der Waals surface area contributed by atoms with Crippen LogP contribution in [0.5, 0.6) is 0 Å². The van der Waals surface area contributed by atoms with Crippen LogP contribution >= 0.6 is 0 Å². The van der Waals surface area contributed by atoms with E-state index in [-0.39, 0.29) is 0 Å². The van der Waals surface area contributed by atoms with Crippen LogP contribution in [0.1, 0.15) is 0 Å². The van der Waals surface area contributed by atoms with Crippen LogP contribution < -0.4 is 0 Å². The molecule has 0 aromatic rings. The zero-order valence-electron chi connectivity index (χ0n) is 6.29. The van der Waals surface area contributed by atoms with Crippen LogP contribution in [-0.4, -0.2) is 62.8 Å². The normalized spacial score (nSPS) is 18.4. The molecule has 5 N–H and O–H groups in total. The number of aliphatic hydroxyl groups excluding tert-OH is 5. The number of hydrogen-bond acceptors (Lipinski definition) is 6. The van der Waals surface area contributed by atoms with Gasteiger partial charge in [0.05, 0.1) is 13.2 Å². The molecular formula is C6H12O6. The lowest BCUT2D eigenvalue weighted by atomic mass is 11.0. The molecule has 0 aliphatic rings. The Morgan fingerprint density at radius 1 is 1.08 bits per heavy atom. The van der Waals surface area contributed by atoms with Gasteiger partial charge in [-0.1, -0.05) is 0 Å². The van der Waals surface area contributed by atoms with Crippen LogP contribution in [0.3, 0.4) is 0 Å². The van der Waals surface area contributed by atoms with E-state index in [0.717, 1.165) is 0 Å². The molecule has 6 heteroatoms. The van der Waals surface area contributed by atoms with E-state index < -0.39 is 37.3 Å². The summed E-state index contributed by atoms with van der Waals surface area (Å²) in [7, 11) is 0. The number of hydrogen-bond donors (Lipinski definition) is 5. The largest absolute Gasteiger partial charge is 0.394 e. The second-order valence-corrected chi connectivity index (χ2v) is 2.30. The highest BCUT2D eigenvalue weighted by Crippen LogP contribution is 1.98. The van der Waals surface area contributed by atoms with E-state index in [1.54, 1.807) is 0 Å². The number of rotatable bonds is 5. The Morgan fingerprint density at radius 2 is 1.58 bits per heavy atom. The number of ketones is 1. The van der Waals surface area contributed by atoms with Gasteiger partial charge < -0.3 is 25.5 Å². The predicted molar refractivity (Wildman–Crippen MR) is 37.2 cm³/mol. The highest BCUT2D eigenvalue weighted by molar-refractivity contribution is 5.87. The second kappa shape index (κ2) is 5.18. The molecule has 72 valence electrons. The number of carbonyl (C=O) groups is 1. The van der Waals surface area contributed by atoms with Gasteiger partial charge in [-0.15, -0.1) is 0 Å². The minimum Gasteiger partial charge on any atom is -0.394 e. The van der Waals surface area contributed by atoms with E-state index in [1.165, 1.54) is 0 Å². The molecule has 0 rings (SSSR count). The summed E-state index contributed by atoms with van der Waals surface area (Å²) in [5, 5.41) is 42.9. The first-order chi connectivity index (χ1) is 5.54. The quantitative estimate of drug-likeness (QED) is 0.286. The summed E-state index contributed by atoms with van der Waals surface area (Å²) in [5.74, 6) is -1.11. The van der Waals surface area contributed by atoms with Crippen molar-refractivity contribution in [2.24, 2.45) is 0 Å². The summed E-state index contributed by atoms with van der Waals surface area (Å²) < 4.78 is 0. The second-order valence-electron chi connectivity index (χ2n) is 2.30. The van der Waals surface area contributed by atoms with E-state index in [1.807, 2.05) is 0 Å². The monoisotopic (exact) mass is 186 g/mol. The number of aliphatic hydroxyl groups is 5. The Balaban J connectivity index is 4.09. The van der Waals surface area contributed by atoms with Crippen molar-refractivity contribution in [1.82, 2.24) is 0 Å². The van der Waals surface area contributed by atoms with Crippen molar-refractivity contribution in [3.8, 4) is 0 Å². The van der Waals surface area contributed by atoms with Crippen molar-refractivity contribution in [3.63, 3.8) is 0 Å². The van der Waals surface area contributed by atoms with Gasteiger partial charge in [-0.2, -0.15) is 0 Å². The summed E-state index contributed by atoms with van der Waals surface area (Å²) in [5.41, 5.74) is 0. The summed E-state index contributed by atoms with van der Waals surface area (Å²) in [6.07, 6.45) is -5.21. The van der Waals surface area contributed by atoms with Crippen molar-refractivity contribution >= 4 is 5.78 Å². The molecule has 0 fully saturated rings. The fraction of sp³-hybridized carbons (Fsp3) is 0.833. The van der Waals surface area contributed by atoms with E-state index >= 15 is 0 Å². The molecule has 12 heavy (non-hydrogen) atoms. The van der Waals surface area contributed by atoms with Gasteiger partial charge in [-0.3, -0.25) is 4.79 Å². The van der Waals surface area contributed by atoms with E-state index in [9.17, 15) is 4.79 Å². The average Bonchev–Trinajstić information content (AvgIpc) is 2.12. The summed E-state index contributed by atoms with van der Waals surface area (Å²) in [4.78, 5) is 10.7. The number of carbonyl (C=O) groups excluding carboxylic acids is 1. The third-order valence-electron chi connectivity index (χ3n) is 1.34. The van der Waals surface area contributed by atoms with Gasteiger partial charge in [0.1, 0.15) is 18.3 Å². The average molecular weight is 186 g/mol. The molecule has 0 bridgehead atoms. The molecule has 0 aromatic carbocycles. The van der Waals surface area contributed by atoms with Gasteiger partial charge >= 0.3 is 0 Å². The van der Waals surface area contributed by atoms with Crippen LogP contribution in [0.2, 0.25) is 0 Å². The molecule has 0 unspecified atom stereocenters. The predicted octanol–water partition coefficient (Wildman–Crippen LogP) is -3.38. The first-order valence-corrected chi connectivity index (χ1v) is 3.34. The van der Waals surface area contributed by atoms with Gasteiger partial charge in [0, 0.05) is 0 Å². The van der Waals surface area contributed by atoms with Crippen LogP contribution in [0, 0.1) is 0 Å². The Morgan fingerprint density at radius 3 is 1.92 bits per heavy atom. The van der Waals surface area contributed by atoms with Crippen molar-refractivity contribution in [3.05, 3.63) is 0 Å². The smallest absolute Gasteiger partial charge is 0.194 e. The molecule has 0 aromatic heterocycles. The lowest BCUT2D eigenvalue weighted by Crippen LogP contribution is -2.43. The minimum absolute atomic E-state index is 0.787. The molecule has 0 heterocycles. The fourth-order valence-electron chi connectivity index (χ4n) is 0.577. The first kappa shape index (κ1) is 11.5. The van der Waals surface area contributed by atoms with Crippen LogP contribution in [-0.2, 0) is 4.79 Å². The number of Topliss-reactive ketones (excluding diaryl/α,β-unsaturated/α-hetero) is 1. The van der Waals surface area contributed by atoms with Gasteiger partial charge in [0.2, 0.25) is 0 Å². The van der Waals surface area contributed by atoms with Crippen molar-refractivity contribution < 1.29 is 30.3 Å². The van der Waals surface area contributed by atoms with Crippen molar-refractivity contribution in [2.45, 2.75) is 18.3 Å². The van der Waals surface area contributed by atoms with Crippen LogP contribution in [0.15, 0.2) is 0 Å². The SMILES string of the molecule is O=[13C]([13C@@H](O)[13CH2]O)[13C@H](O)[13C@H](O)[13CH2]O. The maximum atomic E-state index is 10.7. The van der Waals surface area contributed by atoms with E-state index in [4.69, 9.17) is 25.5 Å². The van der Waals surface area contributed by atoms with Gasteiger partial charge in [0.15, 0.2) is 5.78 Å². The van der Waals surface area contributed by atoms with Gasteiger partial charge in [-0.05, 0) is 0 Å². The Labute approximate surface area is 68.7 Å². The molecular weight excluding hydrogens is 174 g/mol. The maximum Gasteiger partial charge on any atom is 0.194 e. The van der Waals surface area contributed by atoms with Crippen molar-refractivity contribution in [1.29, 1.82) is 0 Å². The molecule has 0 amide bonds. The molecule has 0 saturated heterocycles. The standard InChI is InChI=1S/C6H12O6/c7-1-3(9)5(11)6(12)4(10)2-8/h3-5,7-11H,1-2H2/t3-,4+,5-/m1/s1/i1+1,2+1,3+1,4+1,5+1,6+1. The third kappa shape index (κ3) is 2.84. The topological polar surface area (TPSA) is 118 Å². The van der Waals surface area contributed by atoms with Gasteiger partial charge in [-0.25, -0.2) is 0 Å². The van der Waals surface area contributed by atoms with Crippen molar-refractivity contribution in [2.75, 3.05) is 13.2 Å². The summed E-state index contributed by atoms with van der Waals surface area (Å²) in [6, 6.07) is 0. The molecule has 0 radical (unpaired) electrons. The van der Waals surface area contributed by atoms with E-state index in [0.29, 0.717) is 0 Å². The minimum atomic E-state index is -1.86. The maximum absolute atomic E-state index is 10.7. The Kier molecular flexibility index (Phi) is 4.95. The lowest BCUT2D eigenvalue weighted by Gasteiger charge is -2.16. The lowest BCUT2D eigenvalue weighted by molar-refractivity contribution is -0.144. The Hall–Kier alpha value is -0.530. The highest BCUT2D eigenvalue weighted by Gasteiger charge is 2.28. The molecule has 0 saturated carbocycles. The third-order valence-corrected chi connectivity index (χ3v) is 1.34. The van der Waals surface area contributed by atoms with Crippen LogP contribution in [0.25, 0.3) is 0 Å². The zero-order valence-corrected chi connectivity index (χ0v) is 6.29. The molecule has 0 aliphatic heterocycles. The van der Waals surface area contributed by atoms with E-state index in [2.05, 4.69) is 0 Å².